The Labute approximate surface area is 85.2 Å². The van der Waals surface area contributed by atoms with Gasteiger partial charge < -0.3 is 0 Å². The molecule has 0 atom stereocenters. The first-order valence-corrected chi connectivity index (χ1v) is 4.86. The van der Waals surface area contributed by atoms with Crippen molar-refractivity contribution >= 4 is 0 Å². The highest BCUT2D eigenvalue weighted by Crippen LogP contribution is 2.03. The number of hydrogen-bond donors (Lipinski definition) is 1. The quantitative estimate of drug-likeness (QED) is 0.584. The van der Waals surface area contributed by atoms with Crippen molar-refractivity contribution in [2.45, 2.75) is 32.8 Å². The SMILES string of the molecule is Cn1cc(CCNOC(C)(C)C)cn1. The standard InChI is InChI=1S/C10H19N3O/c1-10(2,3)14-12-6-5-9-7-11-13(4)8-9/h7-8,12H,5-6H2,1-4H3. The van der Waals surface area contributed by atoms with Crippen LogP contribution in [0.5, 0.6) is 0 Å². The van der Waals surface area contributed by atoms with Crippen LogP contribution in [-0.4, -0.2) is 21.9 Å². The zero-order chi connectivity index (χ0) is 10.6. The fourth-order valence-electron chi connectivity index (χ4n) is 1.06. The highest BCUT2D eigenvalue weighted by molar-refractivity contribution is 5.03. The lowest BCUT2D eigenvalue weighted by Crippen LogP contribution is -2.30. The zero-order valence-electron chi connectivity index (χ0n) is 9.37. The first-order valence-electron chi connectivity index (χ1n) is 4.86. The Morgan fingerprint density at radius 2 is 2.21 bits per heavy atom. The summed E-state index contributed by atoms with van der Waals surface area (Å²) >= 11 is 0. The molecule has 80 valence electrons. The molecule has 4 nitrogen and oxygen atoms in total. The third-order valence-electron chi connectivity index (χ3n) is 1.65. The number of rotatable bonds is 4. The minimum absolute atomic E-state index is 0.130. The molecule has 1 aromatic rings. The summed E-state index contributed by atoms with van der Waals surface area (Å²) in [6.07, 6.45) is 4.82. The first kappa shape index (κ1) is 11.2. The van der Waals surface area contributed by atoms with Crippen LogP contribution in [0.1, 0.15) is 26.3 Å². The molecule has 0 aliphatic carbocycles. The van der Waals surface area contributed by atoms with E-state index in [1.807, 2.05) is 40.2 Å². The molecule has 4 heteroatoms. The average molecular weight is 197 g/mol. The Morgan fingerprint density at radius 3 is 2.71 bits per heavy atom. The van der Waals surface area contributed by atoms with E-state index in [0.717, 1.165) is 13.0 Å². The average Bonchev–Trinajstić information content (AvgIpc) is 2.44. The van der Waals surface area contributed by atoms with Crippen LogP contribution < -0.4 is 5.48 Å². The van der Waals surface area contributed by atoms with E-state index in [9.17, 15) is 0 Å². The van der Waals surface area contributed by atoms with E-state index >= 15 is 0 Å². The van der Waals surface area contributed by atoms with Gasteiger partial charge in [-0.2, -0.15) is 5.10 Å². The highest BCUT2D eigenvalue weighted by Gasteiger charge is 2.09. The van der Waals surface area contributed by atoms with Crippen molar-refractivity contribution in [1.82, 2.24) is 15.3 Å². The summed E-state index contributed by atoms with van der Waals surface area (Å²) in [5.41, 5.74) is 4.04. The van der Waals surface area contributed by atoms with Gasteiger partial charge in [-0.05, 0) is 32.8 Å². The molecule has 0 aliphatic heterocycles. The topological polar surface area (TPSA) is 39.1 Å². The summed E-state index contributed by atoms with van der Waals surface area (Å²) in [5.74, 6) is 0. The maximum Gasteiger partial charge on any atom is 0.0812 e. The maximum atomic E-state index is 5.38. The van der Waals surface area contributed by atoms with E-state index in [1.165, 1.54) is 5.56 Å². The summed E-state index contributed by atoms with van der Waals surface area (Å²) in [6, 6.07) is 0. The third-order valence-corrected chi connectivity index (χ3v) is 1.65. The van der Waals surface area contributed by atoms with Crippen molar-refractivity contribution in [3.05, 3.63) is 18.0 Å². The molecule has 1 N–H and O–H groups in total. The van der Waals surface area contributed by atoms with Crippen LogP contribution in [-0.2, 0) is 18.3 Å². The molecule has 0 fully saturated rings. The Hall–Kier alpha value is -0.870. The Bertz CT molecular complexity index is 275. The number of aromatic nitrogens is 2. The summed E-state index contributed by atoms with van der Waals surface area (Å²) < 4.78 is 1.81. The number of hydroxylamine groups is 1. The molecule has 1 rings (SSSR count). The van der Waals surface area contributed by atoms with Crippen molar-refractivity contribution < 1.29 is 4.84 Å². The Morgan fingerprint density at radius 1 is 1.50 bits per heavy atom. The second-order valence-electron chi connectivity index (χ2n) is 4.38. The smallest absolute Gasteiger partial charge is 0.0812 e. The summed E-state index contributed by atoms with van der Waals surface area (Å²) in [4.78, 5) is 5.38. The van der Waals surface area contributed by atoms with Gasteiger partial charge in [0.25, 0.3) is 0 Å². The molecule has 0 bridgehead atoms. The van der Waals surface area contributed by atoms with Crippen molar-refractivity contribution in [1.29, 1.82) is 0 Å². The lowest BCUT2D eigenvalue weighted by atomic mass is 10.2. The van der Waals surface area contributed by atoms with Crippen LogP contribution in [0.2, 0.25) is 0 Å². The molecule has 14 heavy (non-hydrogen) atoms. The van der Waals surface area contributed by atoms with E-state index in [0.29, 0.717) is 0 Å². The predicted molar refractivity (Wildman–Crippen MR) is 55.8 cm³/mol. The van der Waals surface area contributed by atoms with Gasteiger partial charge in [-0.3, -0.25) is 9.52 Å². The van der Waals surface area contributed by atoms with Gasteiger partial charge in [0.1, 0.15) is 0 Å². The van der Waals surface area contributed by atoms with E-state index in [1.54, 1.807) is 4.68 Å². The summed E-state index contributed by atoms with van der Waals surface area (Å²) in [5, 5.41) is 4.09. The summed E-state index contributed by atoms with van der Waals surface area (Å²) in [7, 11) is 1.92. The Kier molecular flexibility index (Phi) is 3.66. The van der Waals surface area contributed by atoms with Crippen LogP contribution in [0.15, 0.2) is 12.4 Å². The first-order chi connectivity index (χ1) is 6.47. The normalized spacial score (nSPS) is 12.0. The van der Waals surface area contributed by atoms with Gasteiger partial charge >= 0.3 is 0 Å². The van der Waals surface area contributed by atoms with Gasteiger partial charge in [0.15, 0.2) is 0 Å². The lowest BCUT2D eigenvalue weighted by molar-refractivity contribution is -0.0717. The molecule has 0 spiro atoms. The molecule has 0 saturated heterocycles. The lowest BCUT2D eigenvalue weighted by Gasteiger charge is -2.19. The second-order valence-corrected chi connectivity index (χ2v) is 4.38. The predicted octanol–water partition coefficient (Wildman–Crippen LogP) is 1.28. The number of aryl methyl sites for hydroxylation is 1. The molecular formula is C10H19N3O. The van der Waals surface area contributed by atoms with Crippen molar-refractivity contribution in [3.8, 4) is 0 Å². The third kappa shape index (κ3) is 4.39. The van der Waals surface area contributed by atoms with Crippen LogP contribution in [0, 0.1) is 0 Å². The molecule has 0 amide bonds. The zero-order valence-corrected chi connectivity index (χ0v) is 9.37. The fourth-order valence-corrected chi connectivity index (χ4v) is 1.06. The number of hydrogen-bond acceptors (Lipinski definition) is 3. The molecule has 0 saturated carbocycles. The van der Waals surface area contributed by atoms with Crippen molar-refractivity contribution in [3.63, 3.8) is 0 Å². The second kappa shape index (κ2) is 4.57. The van der Waals surface area contributed by atoms with Gasteiger partial charge in [-0.1, -0.05) is 0 Å². The molecular weight excluding hydrogens is 178 g/mol. The van der Waals surface area contributed by atoms with Gasteiger partial charge in [-0.25, -0.2) is 5.48 Å². The molecule has 0 radical (unpaired) electrons. The van der Waals surface area contributed by atoms with Crippen LogP contribution in [0.3, 0.4) is 0 Å². The summed E-state index contributed by atoms with van der Waals surface area (Å²) in [6.45, 7) is 6.86. The maximum absolute atomic E-state index is 5.38. The van der Waals surface area contributed by atoms with E-state index in [-0.39, 0.29) is 5.60 Å². The van der Waals surface area contributed by atoms with E-state index in [2.05, 4.69) is 10.6 Å². The molecule has 0 aliphatic rings. The fraction of sp³-hybridized carbons (Fsp3) is 0.700. The largest absolute Gasteiger partial charge is 0.296 e. The van der Waals surface area contributed by atoms with E-state index < -0.39 is 0 Å². The molecule has 0 unspecified atom stereocenters. The minimum Gasteiger partial charge on any atom is -0.296 e. The van der Waals surface area contributed by atoms with Crippen LogP contribution >= 0.6 is 0 Å². The van der Waals surface area contributed by atoms with Gasteiger partial charge in [0, 0.05) is 19.8 Å². The van der Waals surface area contributed by atoms with Crippen molar-refractivity contribution in [2.24, 2.45) is 7.05 Å². The molecule has 1 aromatic heterocycles. The molecule has 1 heterocycles. The van der Waals surface area contributed by atoms with Crippen LogP contribution in [0.25, 0.3) is 0 Å². The highest BCUT2D eigenvalue weighted by atomic mass is 16.7. The Balaban J connectivity index is 2.16. The monoisotopic (exact) mass is 197 g/mol. The molecule has 0 aromatic carbocycles. The number of nitrogens with zero attached hydrogens (tertiary/aromatic N) is 2. The van der Waals surface area contributed by atoms with Gasteiger partial charge in [0.2, 0.25) is 0 Å². The van der Waals surface area contributed by atoms with Gasteiger partial charge in [0.05, 0.1) is 11.8 Å². The van der Waals surface area contributed by atoms with Crippen molar-refractivity contribution in [2.75, 3.05) is 6.54 Å². The van der Waals surface area contributed by atoms with Crippen LogP contribution in [0.4, 0.5) is 0 Å². The van der Waals surface area contributed by atoms with Gasteiger partial charge in [-0.15, -0.1) is 0 Å². The van der Waals surface area contributed by atoms with E-state index in [4.69, 9.17) is 4.84 Å². The number of nitrogens with one attached hydrogen (secondary N) is 1. The minimum atomic E-state index is -0.130.